The van der Waals surface area contributed by atoms with Gasteiger partial charge in [-0.3, -0.25) is 9.36 Å². The van der Waals surface area contributed by atoms with Crippen LogP contribution < -0.4 is 5.56 Å². The number of aliphatic carboxylic acids is 1. The third-order valence-electron chi connectivity index (χ3n) is 6.53. The van der Waals surface area contributed by atoms with Gasteiger partial charge in [-0.1, -0.05) is 72.8 Å². The molecule has 5 nitrogen and oxygen atoms in total. The molecule has 0 bridgehead atoms. The van der Waals surface area contributed by atoms with Crippen LogP contribution in [0.25, 0.3) is 10.8 Å². The summed E-state index contributed by atoms with van der Waals surface area (Å²) < 4.78 is 11.6. The Hall–Kier alpha value is -3.35. The minimum Gasteiger partial charge on any atom is -0.480 e. The van der Waals surface area contributed by atoms with Gasteiger partial charge in [0.1, 0.15) is 11.1 Å². The van der Waals surface area contributed by atoms with Crippen molar-refractivity contribution in [2.75, 3.05) is 0 Å². The van der Waals surface area contributed by atoms with E-state index < -0.39 is 17.6 Å². The summed E-state index contributed by atoms with van der Waals surface area (Å²) in [5, 5.41) is 12.7. The van der Waals surface area contributed by atoms with Crippen LogP contribution in [0, 0.1) is 0 Å². The Morgan fingerprint density at radius 2 is 1.68 bits per heavy atom. The summed E-state index contributed by atoms with van der Waals surface area (Å²) in [6, 6.07) is 24.0. The highest BCUT2D eigenvalue weighted by Crippen LogP contribution is 2.46. The molecule has 1 aliphatic rings. The molecule has 1 saturated carbocycles. The number of pyridine rings is 1. The Morgan fingerprint density at radius 1 is 0.971 bits per heavy atom. The van der Waals surface area contributed by atoms with Crippen molar-refractivity contribution in [3.05, 3.63) is 111 Å². The first-order chi connectivity index (χ1) is 16.6. The van der Waals surface area contributed by atoms with Gasteiger partial charge in [0.2, 0.25) is 0 Å². The fourth-order valence-electron chi connectivity index (χ4n) is 4.79. The van der Waals surface area contributed by atoms with E-state index in [-0.39, 0.29) is 12.3 Å². The van der Waals surface area contributed by atoms with E-state index >= 15 is 0 Å². The maximum absolute atomic E-state index is 13.4. The number of carboxylic acid groups (broad SMARTS) is 1. The van der Waals surface area contributed by atoms with E-state index in [0.717, 1.165) is 45.9 Å². The monoisotopic (exact) mass is 471 g/mol. The topological polar surface area (TPSA) is 79.5 Å². The average molecular weight is 472 g/mol. The average Bonchev–Trinajstić information content (AvgIpc) is 3.68. The molecule has 5 rings (SSSR count). The van der Waals surface area contributed by atoms with Crippen molar-refractivity contribution in [3.8, 4) is 0 Å². The van der Waals surface area contributed by atoms with E-state index in [2.05, 4.69) is 24.3 Å². The Labute approximate surface area is 201 Å². The summed E-state index contributed by atoms with van der Waals surface area (Å²) in [7, 11) is 0. The molecule has 1 atom stereocenters. The van der Waals surface area contributed by atoms with Gasteiger partial charge in [-0.2, -0.15) is 0 Å². The van der Waals surface area contributed by atoms with Crippen LogP contribution >= 0.6 is 12.0 Å². The molecule has 1 aromatic heterocycles. The fraction of sp³-hybridized carbons (Fsp3) is 0.214. The zero-order valence-electron chi connectivity index (χ0n) is 18.6. The van der Waals surface area contributed by atoms with Gasteiger partial charge < -0.3 is 9.66 Å². The number of hydrogen-bond donors (Lipinski definition) is 2. The van der Waals surface area contributed by atoms with Crippen LogP contribution in [0.2, 0.25) is 0 Å². The Kier molecular flexibility index (Phi) is 6.26. The van der Waals surface area contributed by atoms with E-state index in [1.54, 1.807) is 6.07 Å². The van der Waals surface area contributed by atoms with Crippen molar-refractivity contribution >= 4 is 28.8 Å². The van der Waals surface area contributed by atoms with Gasteiger partial charge in [0.25, 0.3) is 5.56 Å². The molecule has 1 fully saturated rings. The third kappa shape index (κ3) is 4.39. The highest BCUT2D eigenvalue weighted by molar-refractivity contribution is 7.93. The van der Waals surface area contributed by atoms with Gasteiger partial charge >= 0.3 is 5.97 Å². The molecule has 4 aromatic rings. The second-order valence-electron chi connectivity index (χ2n) is 8.82. The van der Waals surface area contributed by atoms with Gasteiger partial charge in [0.15, 0.2) is 0 Å². The van der Waals surface area contributed by atoms with Crippen LogP contribution in [0.3, 0.4) is 0 Å². The van der Waals surface area contributed by atoms with Gasteiger partial charge in [-0.25, -0.2) is 4.79 Å². The zero-order valence-corrected chi connectivity index (χ0v) is 19.4. The van der Waals surface area contributed by atoms with Gasteiger partial charge in [-0.15, -0.1) is 0 Å². The van der Waals surface area contributed by atoms with Crippen molar-refractivity contribution in [2.45, 2.75) is 42.7 Å². The SMILES string of the molecule is O=C(O)[C@H](Cc1ccccc1)n1c(SO)c(C2CC2)c(Cc2cccc3ccccc23)cc1=O. The van der Waals surface area contributed by atoms with Crippen LogP contribution in [-0.4, -0.2) is 20.2 Å². The number of fused-ring (bicyclic) bond motifs is 1. The van der Waals surface area contributed by atoms with Crippen LogP contribution in [0.1, 0.15) is 47.1 Å². The maximum atomic E-state index is 13.4. The molecule has 0 aliphatic heterocycles. The van der Waals surface area contributed by atoms with Gasteiger partial charge in [0, 0.05) is 24.5 Å². The summed E-state index contributed by atoms with van der Waals surface area (Å²) in [5.74, 6) is -0.873. The lowest BCUT2D eigenvalue weighted by atomic mass is 9.94. The zero-order chi connectivity index (χ0) is 23.7. The molecule has 34 heavy (non-hydrogen) atoms. The van der Waals surface area contributed by atoms with Gasteiger partial charge in [0.05, 0.1) is 0 Å². The van der Waals surface area contributed by atoms with Crippen LogP contribution in [0.5, 0.6) is 0 Å². The first-order valence-electron chi connectivity index (χ1n) is 11.4. The van der Waals surface area contributed by atoms with Gasteiger partial charge in [-0.05, 0) is 58.2 Å². The first-order valence-corrected chi connectivity index (χ1v) is 12.2. The summed E-state index contributed by atoms with van der Waals surface area (Å²) in [6.07, 6.45) is 2.64. The maximum Gasteiger partial charge on any atom is 0.327 e. The quantitative estimate of drug-likeness (QED) is 0.313. The number of aromatic nitrogens is 1. The lowest BCUT2D eigenvalue weighted by Crippen LogP contribution is -2.33. The highest BCUT2D eigenvalue weighted by atomic mass is 32.2. The van der Waals surface area contributed by atoms with E-state index in [1.807, 2.05) is 48.5 Å². The minimum absolute atomic E-state index is 0.163. The predicted molar refractivity (Wildman–Crippen MR) is 135 cm³/mol. The lowest BCUT2D eigenvalue weighted by Gasteiger charge is -2.23. The van der Waals surface area contributed by atoms with E-state index in [0.29, 0.717) is 23.5 Å². The molecule has 2 N–H and O–H groups in total. The number of benzene rings is 3. The van der Waals surface area contributed by atoms with E-state index in [4.69, 9.17) is 0 Å². The van der Waals surface area contributed by atoms with E-state index in [1.165, 1.54) is 4.57 Å². The predicted octanol–water partition coefficient (Wildman–Crippen LogP) is 5.90. The van der Waals surface area contributed by atoms with Crippen LogP contribution in [0.4, 0.5) is 0 Å². The molecule has 1 aliphatic carbocycles. The fourth-order valence-corrected chi connectivity index (χ4v) is 5.49. The number of carbonyl (C=O) groups is 1. The number of rotatable bonds is 8. The molecule has 172 valence electrons. The molecule has 0 radical (unpaired) electrons. The Morgan fingerprint density at radius 3 is 2.38 bits per heavy atom. The minimum atomic E-state index is -1.10. The molecule has 0 spiro atoms. The number of nitrogens with zero attached hydrogens (tertiary/aromatic N) is 1. The Balaban J connectivity index is 1.63. The van der Waals surface area contributed by atoms with Crippen molar-refractivity contribution in [1.29, 1.82) is 0 Å². The summed E-state index contributed by atoms with van der Waals surface area (Å²) in [5.41, 5.74) is 3.29. The largest absolute Gasteiger partial charge is 0.480 e. The smallest absolute Gasteiger partial charge is 0.327 e. The summed E-state index contributed by atoms with van der Waals surface area (Å²) in [6.45, 7) is 0. The van der Waals surface area contributed by atoms with Crippen molar-refractivity contribution in [1.82, 2.24) is 4.57 Å². The van der Waals surface area contributed by atoms with Crippen LogP contribution in [0.15, 0.2) is 88.7 Å². The summed E-state index contributed by atoms with van der Waals surface area (Å²) in [4.78, 5) is 25.7. The number of hydrogen-bond acceptors (Lipinski definition) is 4. The molecule has 0 amide bonds. The van der Waals surface area contributed by atoms with E-state index in [9.17, 15) is 19.2 Å². The molecule has 0 saturated heterocycles. The first kappa shape index (κ1) is 22.4. The molecular formula is C28H25NO4S. The molecule has 0 unspecified atom stereocenters. The Bertz CT molecular complexity index is 1400. The second kappa shape index (κ2) is 9.49. The van der Waals surface area contributed by atoms with Crippen molar-refractivity contribution in [3.63, 3.8) is 0 Å². The molecule has 3 aromatic carbocycles. The normalized spacial score (nSPS) is 14.3. The standard InChI is InChI=1S/C28H25NO4S/c30-25-17-22(16-21-11-6-10-19-9-4-5-12-23(19)21)26(20-13-14-20)27(34-33)29(25)24(28(31)32)15-18-7-2-1-3-8-18/h1-12,17,20,24,33H,13-16H2,(H,31,32)/t24-/m0/s1. The second-order valence-corrected chi connectivity index (χ2v) is 9.39. The van der Waals surface area contributed by atoms with Crippen LogP contribution in [-0.2, 0) is 17.6 Å². The molecular weight excluding hydrogens is 446 g/mol. The number of carboxylic acids is 1. The molecule has 6 heteroatoms. The van der Waals surface area contributed by atoms with Crippen molar-refractivity contribution in [2.24, 2.45) is 0 Å². The third-order valence-corrected chi connectivity index (χ3v) is 7.12. The highest BCUT2D eigenvalue weighted by Gasteiger charge is 2.34. The summed E-state index contributed by atoms with van der Waals surface area (Å²) >= 11 is 0.489. The van der Waals surface area contributed by atoms with Crippen molar-refractivity contribution < 1.29 is 14.5 Å². The lowest BCUT2D eigenvalue weighted by molar-refractivity contribution is -0.141. The molecule has 1 heterocycles.